The number of nitrogens with zero attached hydrogens (tertiary/aromatic N) is 3. The van der Waals surface area contributed by atoms with Crippen molar-refractivity contribution in [3.05, 3.63) is 48.9 Å². The van der Waals surface area contributed by atoms with Crippen LogP contribution in [-0.4, -0.2) is 47.4 Å². The molecule has 14 heteroatoms. The van der Waals surface area contributed by atoms with E-state index in [1.807, 2.05) is 6.42 Å². The van der Waals surface area contributed by atoms with Crippen molar-refractivity contribution in [1.29, 1.82) is 0 Å². The average Bonchev–Trinajstić information content (AvgIpc) is 3.20. The molecule has 180 valence electrons. The molecule has 0 radical (unpaired) electrons. The van der Waals surface area contributed by atoms with E-state index in [2.05, 4.69) is 27.5 Å². The molecule has 2 aliphatic heterocycles. The standard InChI is InChI=1S/C20H19F5N5O2P.U/c1-2-26-11-4-6-30(9-11)14-8-10(19(21,22)23)7-13(28-14)12-3-5-27-17-15(12)16(20(24,25)33)32-18(31)29-17;/h3-5,7-8,11,16,26H,1-2,6,9,33H2,(H,27,29,31);/q-2;+2. The number of carbonyl (C=O) groups excluding carboxylic acids is 1. The zero-order valence-corrected chi connectivity index (χ0v) is 22.8. The van der Waals surface area contributed by atoms with Crippen molar-refractivity contribution < 1.29 is 62.6 Å². The van der Waals surface area contributed by atoms with E-state index in [0.717, 1.165) is 12.1 Å². The summed E-state index contributed by atoms with van der Waals surface area (Å²) in [6.07, 6.45) is -4.86. The number of ether oxygens (including phenoxy) is 1. The van der Waals surface area contributed by atoms with Gasteiger partial charge in [-0.05, 0) is 18.2 Å². The van der Waals surface area contributed by atoms with Gasteiger partial charge in [0.05, 0.1) is 16.8 Å². The van der Waals surface area contributed by atoms with Gasteiger partial charge >= 0.3 is 43.4 Å². The van der Waals surface area contributed by atoms with Crippen molar-refractivity contribution in [2.75, 3.05) is 29.9 Å². The number of amides is 1. The Bertz CT molecular complexity index is 1070. The second-order valence-corrected chi connectivity index (χ2v) is 8.27. The number of pyridine rings is 2. The molecule has 2 aromatic heterocycles. The Morgan fingerprint density at radius 2 is 2.06 bits per heavy atom. The van der Waals surface area contributed by atoms with E-state index in [1.54, 1.807) is 4.90 Å². The number of carbonyl (C=O) groups is 1. The number of anilines is 2. The first-order valence-electron chi connectivity index (χ1n) is 9.81. The van der Waals surface area contributed by atoms with Crippen LogP contribution in [0.2, 0.25) is 0 Å². The molecule has 0 bridgehead atoms. The fourth-order valence-corrected chi connectivity index (χ4v) is 4.00. The predicted molar refractivity (Wildman–Crippen MR) is 114 cm³/mol. The quantitative estimate of drug-likeness (QED) is 0.276. The Balaban J connectivity index is 0.00000324. The molecule has 1 saturated heterocycles. The summed E-state index contributed by atoms with van der Waals surface area (Å²) in [6.45, 7) is 4.84. The summed E-state index contributed by atoms with van der Waals surface area (Å²) >= 11 is 0. The van der Waals surface area contributed by atoms with Crippen molar-refractivity contribution in [2.45, 2.75) is 24.0 Å². The van der Waals surface area contributed by atoms with E-state index < -0.39 is 29.6 Å². The number of hydrogen-bond donors (Lipinski definition) is 2. The normalized spacial score (nSPS) is 20.3. The Morgan fingerprint density at radius 3 is 2.71 bits per heavy atom. The second kappa shape index (κ2) is 10.2. The molecule has 3 atom stereocenters. The molecule has 3 unspecified atom stereocenters. The van der Waals surface area contributed by atoms with Crippen molar-refractivity contribution in [1.82, 2.24) is 15.3 Å². The van der Waals surface area contributed by atoms with Crippen LogP contribution in [-0.2, 0) is 10.9 Å². The van der Waals surface area contributed by atoms with Crippen molar-refractivity contribution in [3.8, 4) is 11.3 Å². The Kier molecular flexibility index (Phi) is 8.13. The van der Waals surface area contributed by atoms with Gasteiger partial charge in [-0.3, -0.25) is 11.7 Å². The minimum absolute atomic E-state index is 0. The van der Waals surface area contributed by atoms with E-state index in [4.69, 9.17) is 4.74 Å². The maximum atomic E-state index is 14.3. The van der Waals surface area contributed by atoms with Gasteiger partial charge in [-0.15, -0.1) is 19.1 Å². The number of hydrogen-bond acceptors (Lipinski definition) is 6. The monoisotopic (exact) mass is 725 g/mol. The minimum Gasteiger partial charge on any atom is -0.434 e. The summed E-state index contributed by atoms with van der Waals surface area (Å²) in [4.78, 5) is 21.6. The Hall–Kier alpha value is -1.54. The zero-order chi connectivity index (χ0) is 24.0. The average molecular weight is 725 g/mol. The smallest absolute Gasteiger partial charge is 0.434 e. The summed E-state index contributed by atoms with van der Waals surface area (Å²) in [6, 6.07) is 2.87. The largest absolute Gasteiger partial charge is 2.00 e. The van der Waals surface area contributed by atoms with Gasteiger partial charge in [-0.2, -0.15) is 22.0 Å². The summed E-state index contributed by atoms with van der Waals surface area (Å²) in [5.41, 5.74) is -5.12. The summed E-state index contributed by atoms with van der Waals surface area (Å²) in [7, 11) is 1.28. The van der Waals surface area contributed by atoms with Crippen LogP contribution >= 0.6 is 9.24 Å². The molecule has 7 nitrogen and oxygen atoms in total. The first-order valence-corrected chi connectivity index (χ1v) is 10.4. The van der Waals surface area contributed by atoms with Gasteiger partial charge < -0.3 is 21.9 Å². The third kappa shape index (κ3) is 5.64. The molecule has 4 rings (SSSR count). The fraction of sp³-hybridized carbons (Fsp3) is 0.350. The van der Waals surface area contributed by atoms with Crippen molar-refractivity contribution in [2.24, 2.45) is 0 Å². The van der Waals surface area contributed by atoms with Crippen LogP contribution in [0.5, 0.6) is 0 Å². The summed E-state index contributed by atoms with van der Waals surface area (Å²) < 4.78 is 74.4. The molecule has 2 N–H and O–H groups in total. The van der Waals surface area contributed by atoms with Gasteiger partial charge in [-0.25, -0.2) is 14.8 Å². The van der Waals surface area contributed by atoms with Crippen LogP contribution in [0.1, 0.15) is 17.2 Å². The summed E-state index contributed by atoms with van der Waals surface area (Å²) in [5, 5.41) is 5.31. The first-order chi connectivity index (χ1) is 15.5. The van der Waals surface area contributed by atoms with E-state index in [9.17, 15) is 26.7 Å². The molecule has 2 aliphatic rings. The number of halogens is 5. The van der Waals surface area contributed by atoms with Crippen molar-refractivity contribution >= 4 is 27.0 Å². The van der Waals surface area contributed by atoms with Crippen LogP contribution in [0, 0.1) is 44.5 Å². The number of aromatic nitrogens is 2. The number of nitrogens with one attached hydrogen (secondary N) is 2. The molecule has 34 heavy (non-hydrogen) atoms. The third-order valence-electron chi connectivity index (χ3n) is 5.22. The van der Waals surface area contributed by atoms with Gasteiger partial charge in [0.1, 0.15) is 11.6 Å². The fourth-order valence-electron chi connectivity index (χ4n) is 3.77. The van der Waals surface area contributed by atoms with Crippen LogP contribution in [0.25, 0.3) is 11.3 Å². The Morgan fingerprint density at radius 1 is 1.32 bits per heavy atom. The number of alkyl halides is 5. The van der Waals surface area contributed by atoms with Crippen molar-refractivity contribution in [3.63, 3.8) is 0 Å². The third-order valence-corrected chi connectivity index (χ3v) is 5.52. The van der Waals surface area contributed by atoms with Crippen LogP contribution in [0.4, 0.5) is 38.4 Å². The van der Waals surface area contributed by atoms with Gasteiger partial charge in [0.25, 0.3) is 5.66 Å². The number of fused-ring (bicyclic) bond motifs is 1. The number of cyclic esters (lactones) is 1. The van der Waals surface area contributed by atoms with Gasteiger partial charge in [0.15, 0.2) is 6.10 Å². The first kappa shape index (κ1) is 27.1. The van der Waals surface area contributed by atoms with E-state index in [1.165, 1.54) is 21.5 Å². The van der Waals surface area contributed by atoms with Crippen LogP contribution in [0.3, 0.4) is 0 Å². The molecule has 4 heterocycles. The van der Waals surface area contributed by atoms with Gasteiger partial charge in [-0.1, -0.05) is 9.24 Å². The molecule has 0 spiro atoms. The molecule has 0 aromatic carbocycles. The predicted octanol–water partition coefficient (Wildman–Crippen LogP) is 4.05. The van der Waals surface area contributed by atoms with Gasteiger partial charge in [0.2, 0.25) is 0 Å². The minimum atomic E-state index is -4.71. The molecule has 0 saturated carbocycles. The molecule has 1 amide bonds. The van der Waals surface area contributed by atoms with E-state index in [0.29, 0.717) is 19.6 Å². The maximum absolute atomic E-state index is 14.3. The number of rotatable bonds is 5. The Labute approximate surface area is 218 Å². The SMILES string of the molecule is [CH2-]CNC1[CH-]CN(c2cc(C(F)(F)F)cc(-c3ccnc4c3C(C(F)(F)P)OC(=O)N4)n2)C1.[U+2]. The molecule has 2 aromatic rings. The van der Waals surface area contributed by atoms with Gasteiger partial charge in [0, 0.05) is 18.3 Å². The molecular formula is C20H19F5N5O2PU. The molecule has 0 aliphatic carbocycles. The zero-order valence-electron chi connectivity index (χ0n) is 17.5. The van der Waals surface area contributed by atoms with Crippen LogP contribution in [0.15, 0.2) is 24.4 Å². The topological polar surface area (TPSA) is 79.4 Å². The second-order valence-electron chi connectivity index (χ2n) is 7.50. The molecule has 1 fully saturated rings. The van der Waals surface area contributed by atoms with E-state index in [-0.39, 0.29) is 65.6 Å². The summed E-state index contributed by atoms with van der Waals surface area (Å²) in [5.74, 6) is -0.198. The molecular weight excluding hydrogens is 706 g/mol. The van der Waals surface area contributed by atoms with Crippen LogP contribution < -0.4 is 15.5 Å². The van der Waals surface area contributed by atoms with E-state index >= 15 is 0 Å². The maximum Gasteiger partial charge on any atom is 2.00 e.